The van der Waals surface area contributed by atoms with E-state index in [9.17, 15) is 4.79 Å². The second-order valence-corrected chi connectivity index (χ2v) is 8.43. The SMILES string of the molecule is CCOc1cc(OCC)c(/C=N\NC(=O)c2cc3cc(Br)cc(Br)c3o2)cc1Br. The molecule has 0 bridgehead atoms. The monoisotopic (exact) mass is 586 g/mol. The van der Waals surface area contributed by atoms with E-state index in [2.05, 4.69) is 58.3 Å². The van der Waals surface area contributed by atoms with Crippen LogP contribution < -0.4 is 14.9 Å². The van der Waals surface area contributed by atoms with Crippen molar-refractivity contribution in [3.8, 4) is 11.5 Å². The zero-order valence-electron chi connectivity index (χ0n) is 15.6. The van der Waals surface area contributed by atoms with Crippen LogP contribution in [0.5, 0.6) is 11.5 Å². The van der Waals surface area contributed by atoms with E-state index in [4.69, 9.17) is 13.9 Å². The molecule has 29 heavy (non-hydrogen) atoms. The Morgan fingerprint density at radius 2 is 1.76 bits per heavy atom. The van der Waals surface area contributed by atoms with E-state index in [0.717, 1.165) is 18.8 Å². The van der Waals surface area contributed by atoms with E-state index in [1.165, 1.54) is 6.21 Å². The second-order valence-electron chi connectivity index (χ2n) is 5.80. The third-order valence-electron chi connectivity index (χ3n) is 3.79. The number of nitrogens with zero attached hydrogens (tertiary/aromatic N) is 1. The van der Waals surface area contributed by atoms with Crippen LogP contribution in [0.3, 0.4) is 0 Å². The van der Waals surface area contributed by atoms with Gasteiger partial charge in [-0.1, -0.05) is 15.9 Å². The zero-order valence-corrected chi connectivity index (χ0v) is 20.4. The largest absolute Gasteiger partial charge is 0.493 e. The van der Waals surface area contributed by atoms with Gasteiger partial charge in [-0.2, -0.15) is 5.10 Å². The molecule has 1 aromatic heterocycles. The number of ether oxygens (including phenoxy) is 2. The number of furan rings is 1. The molecule has 0 spiro atoms. The Balaban J connectivity index is 1.79. The molecule has 9 heteroatoms. The van der Waals surface area contributed by atoms with Gasteiger partial charge >= 0.3 is 5.91 Å². The lowest BCUT2D eigenvalue weighted by atomic mass is 10.2. The van der Waals surface area contributed by atoms with Gasteiger partial charge in [0.2, 0.25) is 0 Å². The van der Waals surface area contributed by atoms with E-state index in [0.29, 0.717) is 35.9 Å². The van der Waals surface area contributed by atoms with Crippen molar-refractivity contribution in [1.82, 2.24) is 5.43 Å². The Hall–Kier alpha value is -1.84. The van der Waals surface area contributed by atoms with Gasteiger partial charge in [0.15, 0.2) is 5.76 Å². The summed E-state index contributed by atoms with van der Waals surface area (Å²) < 4.78 is 19.3. The number of benzene rings is 2. The minimum atomic E-state index is -0.455. The third kappa shape index (κ3) is 5.21. The molecule has 6 nitrogen and oxygen atoms in total. The lowest BCUT2D eigenvalue weighted by Crippen LogP contribution is -2.16. The summed E-state index contributed by atoms with van der Waals surface area (Å²) in [6.45, 7) is 4.83. The van der Waals surface area contributed by atoms with Crippen LogP contribution in [0.25, 0.3) is 11.0 Å². The number of fused-ring (bicyclic) bond motifs is 1. The lowest BCUT2D eigenvalue weighted by Gasteiger charge is -2.12. The van der Waals surface area contributed by atoms with Crippen LogP contribution >= 0.6 is 47.8 Å². The van der Waals surface area contributed by atoms with Gasteiger partial charge < -0.3 is 13.9 Å². The number of carbonyl (C=O) groups excluding carboxylic acids is 1. The fourth-order valence-corrected chi connectivity index (χ4v) is 4.42. The van der Waals surface area contributed by atoms with Crippen molar-refractivity contribution in [1.29, 1.82) is 0 Å². The van der Waals surface area contributed by atoms with Gasteiger partial charge in [-0.3, -0.25) is 4.79 Å². The molecule has 0 fully saturated rings. The standard InChI is InChI=1S/C20H17Br3N2O4/c1-3-27-16-9-17(28-4-2)14(22)6-12(16)10-24-25-20(26)18-7-11-5-13(21)8-15(23)19(11)29-18/h5-10H,3-4H2,1-2H3,(H,25,26)/b24-10-. The number of hydrogen-bond acceptors (Lipinski definition) is 5. The van der Waals surface area contributed by atoms with E-state index in [-0.39, 0.29) is 5.76 Å². The number of nitrogens with one attached hydrogen (secondary N) is 1. The molecular formula is C20H17Br3N2O4. The summed E-state index contributed by atoms with van der Waals surface area (Å²) in [6, 6.07) is 8.99. The summed E-state index contributed by atoms with van der Waals surface area (Å²) in [6.07, 6.45) is 1.51. The van der Waals surface area contributed by atoms with Crippen molar-refractivity contribution in [3.05, 3.63) is 55.1 Å². The van der Waals surface area contributed by atoms with Crippen molar-refractivity contribution in [3.63, 3.8) is 0 Å². The molecule has 1 heterocycles. The van der Waals surface area contributed by atoms with Crippen molar-refractivity contribution >= 4 is 70.9 Å². The highest BCUT2D eigenvalue weighted by molar-refractivity contribution is 9.11. The van der Waals surface area contributed by atoms with E-state index in [1.807, 2.05) is 32.0 Å². The maximum atomic E-state index is 12.4. The molecule has 0 unspecified atom stereocenters. The summed E-state index contributed by atoms with van der Waals surface area (Å²) in [5, 5.41) is 4.84. The number of hydrogen-bond donors (Lipinski definition) is 1. The van der Waals surface area contributed by atoms with Gasteiger partial charge in [-0.15, -0.1) is 0 Å². The summed E-state index contributed by atoms with van der Waals surface area (Å²) in [7, 11) is 0. The van der Waals surface area contributed by atoms with Crippen molar-refractivity contribution in [2.75, 3.05) is 13.2 Å². The Labute approximate surface area is 193 Å². The predicted molar refractivity (Wildman–Crippen MR) is 123 cm³/mol. The number of halogens is 3. The molecular weight excluding hydrogens is 572 g/mol. The van der Waals surface area contributed by atoms with Crippen LogP contribution in [0.4, 0.5) is 0 Å². The van der Waals surface area contributed by atoms with E-state index in [1.54, 1.807) is 12.1 Å². The first kappa shape index (κ1) is 21.9. The predicted octanol–water partition coefficient (Wildman–Crippen LogP) is 6.28. The van der Waals surface area contributed by atoms with Gasteiger partial charge in [0.1, 0.15) is 17.1 Å². The molecule has 152 valence electrons. The molecule has 0 aliphatic heterocycles. The van der Waals surface area contributed by atoms with Crippen LogP contribution in [0.1, 0.15) is 30.0 Å². The fraction of sp³-hybridized carbons (Fsp3) is 0.200. The third-order valence-corrected chi connectivity index (χ3v) is 5.46. The molecule has 3 aromatic rings. The van der Waals surface area contributed by atoms with Gasteiger partial charge in [-0.25, -0.2) is 5.43 Å². The fourth-order valence-electron chi connectivity index (χ4n) is 2.60. The van der Waals surface area contributed by atoms with E-state index < -0.39 is 5.91 Å². The first-order valence-electron chi connectivity index (χ1n) is 8.74. The van der Waals surface area contributed by atoms with Gasteiger partial charge in [0.05, 0.1) is 28.4 Å². The zero-order chi connectivity index (χ0) is 21.0. The molecule has 0 saturated carbocycles. The molecule has 1 amide bonds. The highest BCUT2D eigenvalue weighted by Crippen LogP contribution is 2.33. The van der Waals surface area contributed by atoms with Crippen LogP contribution in [0.15, 0.2) is 53.3 Å². The van der Waals surface area contributed by atoms with E-state index >= 15 is 0 Å². The molecule has 3 rings (SSSR count). The quantitative estimate of drug-likeness (QED) is 0.260. The highest BCUT2D eigenvalue weighted by Gasteiger charge is 2.14. The average molecular weight is 589 g/mol. The summed E-state index contributed by atoms with van der Waals surface area (Å²) in [5.74, 6) is 0.989. The summed E-state index contributed by atoms with van der Waals surface area (Å²) in [5.41, 5.74) is 3.77. The maximum absolute atomic E-state index is 12.4. The van der Waals surface area contributed by atoms with Gasteiger partial charge in [-0.05, 0) is 70.0 Å². The minimum Gasteiger partial charge on any atom is -0.493 e. The second kappa shape index (κ2) is 9.77. The lowest BCUT2D eigenvalue weighted by molar-refractivity contribution is 0.0929. The van der Waals surface area contributed by atoms with Crippen LogP contribution in [-0.4, -0.2) is 25.3 Å². The average Bonchev–Trinajstić information content (AvgIpc) is 3.10. The number of rotatable bonds is 7. The number of carbonyl (C=O) groups is 1. The Morgan fingerprint density at radius 3 is 2.48 bits per heavy atom. The molecule has 0 saturated heterocycles. The topological polar surface area (TPSA) is 73.1 Å². The van der Waals surface area contributed by atoms with Gasteiger partial charge in [0, 0.05) is 21.5 Å². The van der Waals surface area contributed by atoms with Crippen LogP contribution in [0, 0.1) is 0 Å². The number of hydrazone groups is 1. The van der Waals surface area contributed by atoms with Crippen LogP contribution in [-0.2, 0) is 0 Å². The molecule has 0 aliphatic rings. The molecule has 0 radical (unpaired) electrons. The maximum Gasteiger partial charge on any atom is 0.307 e. The van der Waals surface area contributed by atoms with Crippen molar-refractivity contribution < 1.29 is 18.7 Å². The normalized spacial score (nSPS) is 11.2. The first-order chi connectivity index (χ1) is 13.9. The molecule has 0 atom stereocenters. The first-order valence-corrected chi connectivity index (χ1v) is 11.1. The smallest absolute Gasteiger partial charge is 0.307 e. The van der Waals surface area contributed by atoms with Crippen LogP contribution in [0.2, 0.25) is 0 Å². The Bertz CT molecular complexity index is 1080. The number of amides is 1. The Kier molecular flexibility index (Phi) is 7.37. The summed E-state index contributed by atoms with van der Waals surface area (Å²) >= 11 is 10.3. The summed E-state index contributed by atoms with van der Waals surface area (Å²) in [4.78, 5) is 12.4. The minimum absolute atomic E-state index is 0.161. The van der Waals surface area contributed by atoms with Crippen molar-refractivity contribution in [2.45, 2.75) is 13.8 Å². The molecule has 2 aromatic carbocycles. The highest BCUT2D eigenvalue weighted by atomic mass is 79.9. The van der Waals surface area contributed by atoms with Gasteiger partial charge in [0.25, 0.3) is 0 Å². The van der Waals surface area contributed by atoms with Crippen molar-refractivity contribution in [2.24, 2.45) is 5.10 Å². The molecule has 1 N–H and O–H groups in total. The molecule has 0 aliphatic carbocycles. The Morgan fingerprint density at radius 1 is 1.03 bits per heavy atom.